The van der Waals surface area contributed by atoms with Gasteiger partial charge < -0.3 is 15.2 Å². The molecule has 0 saturated heterocycles. The van der Waals surface area contributed by atoms with Crippen molar-refractivity contribution in [3.63, 3.8) is 0 Å². The van der Waals surface area contributed by atoms with E-state index >= 15 is 0 Å². The van der Waals surface area contributed by atoms with Gasteiger partial charge in [0.25, 0.3) is 0 Å². The Morgan fingerprint density at radius 1 is 1.32 bits per heavy atom. The number of aromatic nitrogens is 2. The lowest BCUT2D eigenvalue weighted by atomic mass is 9.93. The van der Waals surface area contributed by atoms with E-state index in [0.29, 0.717) is 19.0 Å². The Bertz CT molecular complexity index is 696. The topological polar surface area (TPSA) is 75.3 Å². The SMILES string of the molecule is CCNC(=NCc1cc(C(C)C)no1)NCc1nc(C(C)(C)C)cs1. The van der Waals surface area contributed by atoms with Crippen molar-refractivity contribution in [2.45, 2.75) is 66.0 Å². The Morgan fingerprint density at radius 2 is 2.08 bits per heavy atom. The number of nitrogens with one attached hydrogen (secondary N) is 2. The molecule has 2 rings (SSSR count). The normalized spacial score (nSPS) is 12.7. The average molecular weight is 364 g/mol. The maximum Gasteiger partial charge on any atom is 0.192 e. The van der Waals surface area contributed by atoms with Gasteiger partial charge in [-0.1, -0.05) is 39.8 Å². The van der Waals surface area contributed by atoms with Crippen LogP contribution in [0.5, 0.6) is 0 Å². The molecule has 0 aromatic carbocycles. The van der Waals surface area contributed by atoms with Crippen molar-refractivity contribution in [2.75, 3.05) is 6.54 Å². The highest BCUT2D eigenvalue weighted by molar-refractivity contribution is 7.09. The van der Waals surface area contributed by atoms with Crippen LogP contribution in [-0.2, 0) is 18.5 Å². The van der Waals surface area contributed by atoms with Crippen LogP contribution in [0.2, 0.25) is 0 Å². The van der Waals surface area contributed by atoms with Crippen molar-refractivity contribution in [2.24, 2.45) is 4.99 Å². The van der Waals surface area contributed by atoms with Gasteiger partial charge in [0.2, 0.25) is 0 Å². The molecule has 2 aromatic heterocycles. The van der Waals surface area contributed by atoms with Gasteiger partial charge in [-0.05, 0) is 12.8 Å². The fourth-order valence-corrected chi connectivity index (χ4v) is 3.03. The van der Waals surface area contributed by atoms with Crippen LogP contribution in [0.25, 0.3) is 0 Å². The number of hydrogen-bond acceptors (Lipinski definition) is 5. The Hall–Kier alpha value is -1.89. The first-order valence-electron chi connectivity index (χ1n) is 8.72. The lowest BCUT2D eigenvalue weighted by Gasteiger charge is -2.14. The third-order valence-corrected chi connectivity index (χ3v) is 4.48. The standard InChI is InChI=1S/C18H29N5OS/c1-7-19-17(20-9-13-8-14(12(2)3)23-24-13)21-10-16-22-15(11-25-16)18(4,5)6/h8,11-12H,7,9-10H2,1-6H3,(H2,19,20,21). The summed E-state index contributed by atoms with van der Waals surface area (Å²) in [5, 5.41) is 13.8. The van der Waals surface area contributed by atoms with Crippen LogP contribution in [0.1, 0.15) is 69.6 Å². The molecule has 0 saturated carbocycles. The Labute approximate surface area is 154 Å². The van der Waals surface area contributed by atoms with Crippen molar-refractivity contribution in [1.82, 2.24) is 20.8 Å². The monoisotopic (exact) mass is 363 g/mol. The van der Waals surface area contributed by atoms with Gasteiger partial charge in [-0.25, -0.2) is 9.98 Å². The van der Waals surface area contributed by atoms with E-state index in [1.54, 1.807) is 11.3 Å². The lowest BCUT2D eigenvalue weighted by molar-refractivity contribution is 0.376. The molecule has 2 N–H and O–H groups in total. The molecule has 138 valence electrons. The number of hydrogen-bond donors (Lipinski definition) is 2. The van der Waals surface area contributed by atoms with Crippen molar-refractivity contribution < 1.29 is 4.52 Å². The molecule has 6 nitrogen and oxygen atoms in total. The summed E-state index contributed by atoms with van der Waals surface area (Å²) in [7, 11) is 0. The van der Waals surface area contributed by atoms with E-state index in [-0.39, 0.29) is 5.41 Å². The summed E-state index contributed by atoms with van der Waals surface area (Å²) in [4.78, 5) is 9.26. The summed E-state index contributed by atoms with van der Waals surface area (Å²) in [5.74, 6) is 1.87. The van der Waals surface area contributed by atoms with E-state index in [0.717, 1.165) is 34.7 Å². The van der Waals surface area contributed by atoms with Crippen molar-refractivity contribution in [3.05, 3.63) is 33.6 Å². The molecular weight excluding hydrogens is 334 g/mol. The van der Waals surface area contributed by atoms with E-state index < -0.39 is 0 Å². The minimum Gasteiger partial charge on any atom is -0.359 e. The lowest BCUT2D eigenvalue weighted by Crippen LogP contribution is -2.36. The van der Waals surface area contributed by atoms with Crippen LogP contribution >= 0.6 is 11.3 Å². The predicted molar refractivity (Wildman–Crippen MR) is 103 cm³/mol. The van der Waals surface area contributed by atoms with Crippen LogP contribution in [-0.4, -0.2) is 22.6 Å². The largest absolute Gasteiger partial charge is 0.359 e. The van der Waals surface area contributed by atoms with Crippen LogP contribution in [0.4, 0.5) is 0 Å². The van der Waals surface area contributed by atoms with Gasteiger partial charge in [0.15, 0.2) is 11.7 Å². The Balaban J connectivity index is 1.96. The molecule has 0 fully saturated rings. The highest BCUT2D eigenvalue weighted by Crippen LogP contribution is 2.23. The van der Waals surface area contributed by atoms with Gasteiger partial charge in [-0.15, -0.1) is 11.3 Å². The molecule has 0 atom stereocenters. The zero-order valence-electron chi connectivity index (χ0n) is 16.0. The van der Waals surface area contributed by atoms with Gasteiger partial charge in [0, 0.05) is 23.4 Å². The van der Waals surface area contributed by atoms with Crippen LogP contribution in [0, 0.1) is 0 Å². The highest BCUT2D eigenvalue weighted by Gasteiger charge is 2.17. The quantitative estimate of drug-likeness (QED) is 0.603. The molecule has 25 heavy (non-hydrogen) atoms. The second kappa shape index (κ2) is 8.47. The molecule has 0 amide bonds. The summed E-state index contributed by atoms with van der Waals surface area (Å²) in [6.45, 7) is 14.7. The zero-order valence-corrected chi connectivity index (χ0v) is 16.8. The molecule has 0 aliphatic rings. The number of rotatable bonds is 6. The summed E-state index contributed by atoms with van der Waals surface area (Å²) in [6, 6.07) is 1.97. The first-order valence-corrected chi connectivity index (χ1v) is 9.60. The van der Waals surface area contributed by atoms with E-state index in [2.05, 4.69) is 60.8 Å². The smallest absolute Gasteiger partial charge is 0.192 e. The number of guanidine groups is 1. The average Bonchev–Trinajstić information content (AvgIpc) is 3.18. The first-order chi connectivity index (χ1) is 11.8. The third kappa shape index (κ3) is 5.85. The van der Waals surface area contributed by atoms with Gasteiger partial charge in [-0.3, -0.25) is 0 Å². The van der Waals surface area contributed by atoms with Crippen molar-refractivity contribution >= 4 is 17.3 Å². The van der Waals surface area contributed by atoms with Crippen molar-refractivity contribution in [3.8, 4) is 0 Å². The molecular formula is C18H29N5OS. The predicted octanol–water partition coefficient (Wildman–Crippen LogP) is 3.81. The molecule has 0 bridgehead atoms. The van der Waals surface area contributed by atoms with Gasteiger partial charge in [-0.2, -0.15) is 0 Å². The molecule has 0 spiro atoms. The summed E-state index contributed by atoms with van der Waals surface area (Å²) in [6.07, 6.45) is 0. The first kappa shape index (κ1) is 19.4. The Kier molecular flexibility index (Phi) is 6.58. The van der Waals surface area contributed by atoms with E-state index in [1.165, 1.54) is 0 Å². The minimum atomic E-state index is 0.0771. The molecule has 0 aliphatic heterocycles. The fourth-order valence-electron chi connectivity index (χ4n) is 2.07. The second-order valence-electron chi connectivity index (χ2n) is 7.30. The summed E-state index contributed by atoms with van der Waals surface area (Å²) >= 11 is 1.67. The molecule has 2 heterocycles. The second-order valence-corrected chi connectivity index (χ2v) is 8.24. The summed E-state index contributed by atoms with van der Waals surface area (Å²) in [5.41, 5.74) is 2.16. The van der Waals surface area contributed by atoms with Crippen molar-refractivity contribution in [1.29, 1.82) is 0 Å². The van der Waals surface area contributed by atoms with Crippen LogP contribution in [0.15, 0.2) is 21.0 Å². The van der Waals surface area contributed by atoms with E-state index in [1.807, 2.05) is 13.0 Å². The third-order valence-electron chi connectivity index (χ3n) is 3.63. The van der Waals surface area contributed by atoms with Gasteiger partial charge in [0.1, 0.15) is 11.6 Å². The number of aliphatic imine (C=N–C) groups is 1. The Morgan fingerprint density at radius 3 is 2.64 bits per heavy atom. The molecule has 0 unspecified atom stereocenters. The van der Waals surface area contributed by atoms with E-state index in [4.69, 9.17) is 9.51 Å². The van der Waals surface area contributed by atoms with Gasteiger partial charge in [0.05, 0.1) is 17.9 Å². The molecule has 7 heteroatoms. The molecule has 2 aromatic rings. The number of thiazole rings is 1. The van der Waals surface area contributed by atoms with Crippen LogP contribution < -0.4 is 10.6 Å². The maximum atomic E-state index is 5.34. The van der Waals surface area contributed by atoms with Crippen LogP contribution in [0.3, 0.4) is 0 Å². The zero-order chi connectivity index (χ0) is 18.4. The van der Waals surface area contributed by atoms with E-state index in [9.17, 15) is 0 Å². The van der Waals surface area contributed by atoms with Gasteiger partial charge >= 0.3 is 0 Å². The molecule has 0 aliphatic carbocycles. The maximum absolute atomic E-state index is 5.34. The minimum absolute atomic E-state index is 0.0771. The summed E-state index contributed by atoms with van der Waals surface area (Å²) < 4.78 is 5.34. The highest BCUT2D eigenvalue weighted by atomic mass is 32.1. The molecule has 0 radical (unpaired) electrons. The number of nitrogens with zero attached hydrogens (tertiary/aromatic N) is 3. The fraction of sp³-hybridized carbons (Fsp3) is 0.611.